The lowest BCUT2D eigenvalue weighted by Crippen LogP contribution is -2.10. The standard InChI is InChI=1S/C21H16N4O2S2/c1-13-5-2-3-6-15(13)25-9-8-22-21(25)29-12-17-23-19(26)18-14(11-28-20(18)24-17)16-7-4-10-27-16/h2-11H,12H2,1H3,(H,23,24,26). The molecule has 144 valence electrons. The van der Waals surface area contributed by atoms with Crippen molar-refractivity contribution >= 4 is 33.3 Å². The highest BCUT2D eigenvalue weighted by Gasteiger charge is 2.15. The molecule has 5 rings (SSSR count). The Bertz CT molecular complexity index is 1350. The first-order valence-electron chi connectivity index (χ1n) is 8.97. The lowest BCUT2D eigenvalue weighted by molar-refractivity contribution is 0.583. The van der Waals surface area contributed by atoms with Crippen molar-refractivity contribution in [3.63, 3.8) is 0 Å². The molecule has 0 amide bonds. The minimum atomic E-state index is -0.152. The van der Waals surface area contributed by atoms with Gasteiger partial charge in [0.05, 0.1) is 23.1 Å². The lowest BCUT2D eigenvalue weighted by Gasteiger charge is -2.10. The molecule has 0 unspecified atom stereocenters. The van der Waals surface area contributed by atoms with E-state index in [4.69, 9.17) is 4.42 Å². The van der Waals surface area contributed by atoms with Crippen molar-refractivity contribution in [3.05, 3.63) is 82.2 Å². The van der Waals surface area contributed by atoms with Gasteiger partial charge in [-0.2, -0.15) is 0 Å². The summed E-state index contributed by atoms with van der Waals surface area (Å²) in [5.74, 6) is 1.81. The van der Waals surface area contributed by atoms with Crippen molar-refractivity contribution in [1.82, 2.24) is 19.5 Å². The number of nitrogens with zero attached hydrogens (tertiary/aromatic N) is 3. The molecule has 8 heteroatoms. The van der Waals surface area contributed by atoms with Crippen LogP contribution in [0.3, 0.4) is 0 Å². The number of aromatic nitrogens is 4. The average molecular weight is 421 g/mol. The number of thiophene rings is 1. The van der Waals surface area contributed by atoms with Gasteiger partial charge in [-0.3, -0.25) is 9.36 Å². The maximum Gasteiger partial charge on any atom is 0.260 e. The summed E-state index contributed by atoms with van der Waals surface area (Å²) >= 11 is 2.98. The molecule has 0 aliphatic rings. The fourth-order valence-corrected chi connectivity index (χ4v) is 5.00. The van der Waals surface area contributed by atoms with E-state index in [9.17, 15) is 4.79 Å². The van der Waals surface area contributed by atoms with E-state index < -0.39 is 0 Å². The highest BCUT2D eigenvalue weighted by molar-refractivity contribution is 7.98. The quantitative estimate of drug-likeness (QED) is 0.404. The number of para-hydroxylation sites is 1. The van der Waals surface area contributed by atoms with Crippen LogP contribution >= 0.6 is 23.1 Å². The van der Waals surface area contributed by atoms with Gasteiger partial charge in [0.1, 0.15) is 16.4 Å². The van der Waals surface area contributed by atoms with Gasteiger partial charge < -0.3 is 9.40 Å². The largest absolute Gasteiger partial charge is 0.464 e. The Kier molecular flexibility index (Phi) is 4.57. The number of thioether (sulfide) groups is 1. The average Bonchev–Trinajstić information content (AvgIpc) is 3.46. The van der Waals surface area contributed by atoms with E-state index in [2.05, 4.69) is 38.6 Å². The van der Waals surface area contributed by atoms with Crippen LogP contribution in [0.25, 0.3) is 27.2 Å². The molecule has 0 aliphatic heterocycles. The van der Waals surface area contributed by atoms with Crippen LogP contribution in [0, 0.1) is 6.92 Å². The third-order valence-electron chi connectivity index (χ3n) is 4.60. The van der Waals surface area contributed by atoms with Gasteiger partial charge in [-0.05, 0) is 30.7 Å². The van der Waals surface area contributed by atoms with Gasteiger partial charge >= 0.3 is 0 Å². The summed E-state index contributed by atoms with van der Waals surface area (Å²) in [4.78, 5) is 25.4. The van der Waals surface area contributed by atoms with E-state index in [0.29, 0.717) is 27.6 Å². The monoisotopic (exact) mass is 420 g/mol. The fourth-order valence-electron chi connectivity index (χ4n) is 3.22. The number of aryl methyl sites for hydroxylation is 1. The summed E-state index contributed by atoms with van der Waals surface area (Å²) in [7, 11) is 0. The molecule has 0 bridgehead atoms. The van der Waals surface area contributed by atoms with E-state index >= 15 is 0 Å². The van der Waals surface area contributed by atoms with Crippen molar-refractivity contribution in [2.24, 2.45) is 0 Å². The van der Waals surface area contributed by atoms with Gasteiger partial charge in [0.2, 0.25) is 0 Å². The summed E-state index contributed by atoms with van der Waals surface area (Å²) < 4.78 is 7.50. The summed E-state index contributed by atoms with van der Waals surface area (Å²) in [5, 5.41) is 3.33. The minimum absolute atomic E-state index is 0.152. The highest BCUT2D eigenvalue weighted by Crippen LogP contribution is 2.31. The van der Waals surface area contributed by atoms with E-state index in [-0.39, 0.29) is 5.56 Å². The molecule has 0 atom stereocenters. The zero-order valence-electron chi connectivity index (χ0n) is 15.5. The lowest BCUT2D eigenvalue weighted by atomic mass is 10.2. The number of benzene rings is 1. The molecule has 1 N–H and O–H groups in total. The molecule has 0 fully saturated rings. The predicted octanol–water partition coefficient (Wildman–Crippen LogP) is 5.03. The Labute approximate surface area is 174 Å². The SMILES string of the molecule is Cc1ccccc1-n1ccnc1SCc1nc2scc(-c3ccco3)c2c(=O)[nH]1. The Hall–Kier alpha value is -3.10. The Morgan fingerprint density at radius 3 is 2.97 bits per heavy atom. The van der Waals surface area contributed by atoms with Crippen LogP contribution in [0.5, 0.6) is 0 Å². The van der Waals surface area contributed by atoms with Crippen LogP contribution in [0.2, 0.25) is 0 Å². The van der Waals surface area contributed by atoms with E-state index in [1.807, 2.05) is 35.8 Å². The van der Waals surface area contributed by atoms with Gasteiger partial charge in [-0.1, -0.05) is 30.0 Å². The second-order valence-corrected chi connectivity index (χ2v) is 8.28. The molecule has 29 heavy (non-hydrogen) atoms. The number of imidazole rings is 1. The van der Waals surface area contributed by atoms with Crippen LogP contribution in [0.15, 0.2) is 74.8 Å². The molecule has 0 aliphatic carbocycles. The molecule has 6 nitrogen and oxygen atoms in total. The third kappa shape index (κ3) is 3.30. The van der Waals surface area contributed by atoms with Crippen molar-refractivity contribution in [2.75, 3.05) is 0 Å². The third-order valence-corrected chi connectivity index (χ3v) is 6.45. The second kappa shape index (κ2) is 7.38. The van der Waals surface area contributed by atoms with Gasteiger partial charge in [0.25, 0.3) is 5.56 Å². The van der Waals surface area contributed by atoms with Crippen molar-refractivity contribution < 1.29 is 4.42 Å². The highest BCUT2D eigenvalue weighted by atomic mass is 32.2. The molecular formula is C21H16N4O2S2. The van der Waals surface area contributed by atoms with Crippen LogP contribution in [-0.2, 0) is 5.75 Å². The number of nitrogens with one attached hydrogen (secondary N) is 1. The maximum atomic E-state index is 12.7. The van der Waals surface area contributed by atoms with Crippen molar-refractivity contribution in [3.8, 4) is 17.0 Å². The molecule has 0 radical (unpaired) electrons. The zero-order valence-corrected chi connectivity index (χ0v) is 17.1. The van der Waals surface area contributed by atoms with Gasteiger partial charge in [0.15, 0.2) is 5.16 Å². The molecule has 4 heterocycles. The zero-order chi connectivity index (χ0) is 19.8. The smallest absolute Gasteiger partial charge is 0.260 e. The fraction of sp³-hybridized carbons (Fsp3) is 0.0952. The normalized spacial score (nSPS) is 11.3. The Morgan fingerprint density at radius 2 is 2.14 bits per heavy atom. The first-order chi connectivity index (χ1) is 14.2. The topological polar surface area (TPSA) is 76.7 Å². The number of H-pyrrole nitrogens is 1. The van der Waals surface area contributed by atoms with Crippen LogP contribution in [-0.4, -0.2) is 19.5 Å². The summed E-state index contributed by atoms with van der Waals surface area (Å²) in [6.45, 7) is 2.07. The predicted molar refractivity (Wildman–Crippen MR) is 116 cm³/mol. The maximum absolute atomic E-state index is 12.7. The van der Waals surface area contributed by atoms with Crippen LogP contribution < -0.4 is 5.56 Å². The summed E-state index contributed by atoms with van der Waals surface area (Å²) in [6, 6.07) is 11.8. The summed E-state index contributed by atoms with van der Waals surface area (Å²) in [6.07, 6.45) is 5.32. The number of rotatable bonds is 5. The van der Waals surface area contributed by atoms with Gasteiger partial charge in [-0.15, -0.1) is 11.3 Å². The van der Waals surface area contributed by atoms with Crippen molar-refractivity contribution in [2.45, 2.75) is 17.8 Å². The molecule has 0 spiro atoms. The van der Waals surface area contributed by atoms with E-state index in [0.717, 1.165) is 16.4 Å². The van der Waals surface area contributed by atoms with Crippen LogP contribution in [0.1, 0.15) is 11.4 Å². The molecular weight excluding hydrogens is 404 g/mol. The first kappa shape index (κ1) is 18.0. The Morgan fingerprint density at radius 1 is 1.24 bits per heavy atom. The van der Waals surface area contributed by atoms with Crippen molar-refractivity contribution in [1.29, 1.82) is 0 Å². The molecule has 5 aromatic rings. The second-order valence-electron chi connectivity index (χ2n) is 6.47. The number of hydrogen-bond donors (Lipinski definition) is 1. The van der Waals surface area contributed by atoms with Gasteiger partial charge in [0, 0.05) is 23.3 Å². The van der Waals surface area contributed by atoms with Gasteiger partial charge in [-0.25, -0.2) is 9.97 Å². The minimum Gasteiger partial charge on any atom is -0.464 e. The molecule has 0 saturated heterocycles. The summed E-state index contributed by atoms with van der Waals surface area (Å²) in [5.41, 5.74) is 2.88. The number of furan rings is 1. The first-order valence-corrected chi connectivity index (χ1v) is 10.8. The Balaban J connectivity index is 1.44. The number of hydrogen-bond acceptors (Lipinski definition) is 6. The van der Waals surface area contributed by atoms with Crippen LogP contribution in [0.4, 0.5) is 0 Å². The molecule has 1 aromatic carbocycles. The van der Waals surface area contributed by atoms with E-state index in [1.165, 1.54) is 28.7 Å². The molecule has 0 saturated carbocycles. The molecule has 4 aromatic heterocycles. The van der Waals surface area contributed by atoms with E-state index in [1.54, 1.807) is 12.5 Å². The number of aromatic amines is 1. The number of fused-ring (bicyclic) bond motifs is 1.